The molecule has 3 nitrogen and oxygen atoms in total. The molecular formula is C10H25NO2Si. The van der Waals surface area contributed by atoms with Crippen molar-refractivity contribution in [3.63, 3.8) is 0 Å². The zero-order valence-corrected chi connectivity index (χ0v) is 11.0. The highest BCUT2D eigenvalue weighted by atomic mass is 28.3. The summed E-state index contributed by atoms with van der Waals surface area (Å²) in [5.74, 6) is 0. The van der Waals surface area contributed by atoms with Crippen LogP contribution in [0.4, 0.5) is 0 Å². The Balaban J connectivity index is 0.000000255. The average Bonchev–Trinajstić information content (AvgIpc) is 2.16. The molecule has 1 N–H and O–H groups in total. The van der Waals surface area contributed by atoms with Gasteiger partial charge in [0.1, 0.15) is 0 Å². The maximum Gasteiger partial charge on any atom is 0.317 e. The molecule has 0 atom stereocenters. The zero-order valence-electron chi connectivity index (χ0n) is 9.84. The maximum atomic E-state index is 4.82. The van der Waals surface area contributed by atoms with Gasteiger partial charge in [-0.25, -0.2) is 0 Å². The predicted molar refractivity (Wildman–Crippen MR) is 63.0 cm³/mol. The summed E-state index contributed by atoms with van der Waals surface area (Å²) in [5, 5.41) is 3.39. The van der Waals surface area contributed by atoms with E-state index >= 15 is 0 Å². The van der Waals surface area contributed by atoms with E-state index in [2.05, 4.69) is 5.32 Å². The van der Waals surface area contributed by atoms with E-state index in [1.807, 2.05) is 6.55 Å². The Hall–Kier alpha value is 0.0969. The smallest absolute Gasteiger partial charge is 0.317 e. The standard InChI is InChI=1S/C7H15N.C3H10O2Si/c1-2-4-6-8-7-5-3-1;1-4-6(3)5-2/h8H,1-7H2;6H,1-3H3. The van der Waals surface area contributed by atoms with Gasteiger partial charge in [-0.2, -0.15) is 0 Å². The second-order valence-corrected chi connectivity index (χ2v) is 5.63. The lowest BCUT2D eigenvalue weighted by Crippen LogP contribution is -2.18. The van der Waals surface area contributed by atoms with E-state index < -0.39 is 9.28 Å². The molecule has 1 fully saturated rings. The molecule has 1 rings (SSSR count). The Morgan fingerprint density at radius 3 is 1.64 bits per heavy atom. The van der Waals surface area contributed by atoms with Crippen LogP contribution in [0, 0.1) is 0 Å². The first-order valence-electron chi connectivity index (χ1n) is 5.57. The molecule has 0 unspecified atom stereocenters. The van der Waals surface area contributed by atoms with Gasteiger partial charge in [0.05, 0.1) is 0 Å². The Labute approximate surface area is 90.0 Å². The van der Waals surface area contributed by atoms with Gasteiger partial charge in [-0.15, -0.1) is 0 Å². The molecule has 1 aliphatic heterocycles. The molecule has 4 heteroatoms. The molecule has 0 radical (unpaired) electrons. The van der Waals surface area contributed by atoms with Crippen LogP contribution in [0.2, 0.25) is 6.55 Å². The first-order valence-corrected chi connectivity index (χ1v) is 7.67. The lowest BCUT2D eigenvalue weighted by Gasteiger charge is -2.08. The van der Waals surface area contributed by atoms with Crippen molar-refractivity contribution < 1.29 is 8.85 Å². The zero-order chi connectivity index (χ0) is 10.6. The van der Waals surface area contributed by atoms with Crippen molar-refractivity contribution in [2.75, 3.05) is 27.3 Å². The van der Waals surface area contributed by atoms with Gasteiger partial charge < -0.3 is 14.2 Å². The van der Waals surface area contributed by atoms with E-state index in [0.29, 0.717) is 0 Å². The van der Waals surface area contributed by atoms with E-state index in [0.717, 1.165) is 0 Å². The van der Waals surface area contributed by atoms with Crippen LogP contribution in [0.1, 0.15) is 32.1 Å². The van der Waals surface area contributed by atoms with E-state index in [-0.39, 0.29) is 0 Å². The lowest BCUT2D eigenvalue weighted by atomic mass is 10.1. The fourth-order valence-electron chi connectivity index (χ4n) is 1.25. The van der Waals surface area contributed by atoms with Gasteiger partial charge >= 0.3 is 9.28 Å². The van der Waals surface area contributed by atoms with Gasteiger partial charge in [-0.05, 0) is 32.5 Å². The lowest BCUT2D eigenvalue weighted by molar-refractivity contribution is 0.285. The van der Waals surface area contributed by atoms with Gasteiger partial charge in [0.15, 0.2) is 0 Å². The molecular weight excluding hydrogens is 194 g/mol. The summed E-state index contributed by atoms with van der Waals surface area (Å²) >= 11 is 0. The monoisotopic (exact) mass is 219 g/mol. The van der Waals surface area contributed by atoms with Crippen molar-refractivity contribution in [3.05, 3.63) is 0 Å². The maximum absolute atomic E-state index is 4.82. The summed E-state index contributed by atoms with van der Waals surface area (Å²) in [4.78, 5) is 0. The van der Waals surface area contributed by atoms with Crippen molar-refractivity contribution >= 4 is 9.28 Å². The number of nitrogens with one attached hydrogen (secondary N) is 1. The molecule has 0 aromatic carbocycles. The van der Waals surface area contributed by atoms with E-state index in [4.69, 9.17) is 8.85 Å². The van der Waals surface area contributed by atoms with Crippen molar-refractivity contribution in [2.24, 2.45) is 0 Å². The van der Waals surface area contributed by atoms with Crippen LogP contribution in [-0.2, 0) is 8.85 Å². The summed E-state index contributed by atoms with van der Waals surface area (Å²) in [6, 6.07) is 0. The first kappa shape index (κ1) is 14.1. The normalized spacial score (nSPS) is 18.0. The average molecular weight is 219 g/mol. The Morgan fingerprint density at radius 1 is 0.857 bits per heavy atom. The number of hydrogen-bond acceptors (Lipinski definition) is 3. The van der Waals surface area contributed by atoms with Crippen molar-refractivity contribution in [3.8, 4) is 0 Å². The van der Waals surface area contributed by atoms with Crippen LogP contribution in [0.5, 0.6) is 0 Å². The highest BCUT2D eigenvalue weighted by Gasteiger charge is 1.94. The van der Waals surface area contributed by atoms with Gasteiger partial charge in [-0.3, -0.25) is 0 Å². The molecule has 0 amide bonds. The third-order valence-electron chi connectivity index (χ3n) is 2.37. The molecule has 0 aromatic rings. The van der Waals surface area contributed by atoms with E-state index in [1.54, 1.807) is 14.2 Å². The number of rotatable bonds is 2. The van der Waals surface area contributed by atoms with Crippen LogP contribution in [0.3, 0.4) is 0 Å². The molecule has 86 valence electrons. The summed E-state index contributed by atoms with van der Waals surface area (Å²) in [6.07, 6.45) is 7.11. The predicted octanol–water partition coefficient (Wildman–Crippen LogP) is 1.67. The molecule has 0 aliphatic carbocycles. The van der Waals surface area contributed by atoms with Crippen LogP contribution in [-0.4, -0.2) is 36.6 Å². The van der Waals surface area contributed by atoms with Crippen LogP contribution < -0.4 is 5.32 Å². The van der Waals surface area contributed by atoms with Gasteiger partial charge in [0.2, 0.25) is 0 Å². The highest BCUT2D eigenvalue weighted by molar-refractivity contribution is 6.42. The molecule has 14 heavy (non-hydrogen) atoms. The van der Waals surface area contributed by atoms with Crippen molar-refractivity contribution in [2.45, 2.75) is 38.7 Å². The van der Waals surface area contributed by atoms with Crippen molar-refractivity contribution in [1.82, 2.24) is 5.32 Å². The summed E-state index contributed by atoms with van der Waals surface area (Å²) in [6.45, 7) is 4.47. The molecule has 1 aliphatic rings. The molecule has 0 aromatic heterocycles. The minimum Gasteiger partial charge on any atom is -0.400 e. The fourth-order valence-corrected chi connectivity index (χ4v) is 1.44. The SMILES string of the molecule is C1CCCNCCC1.CO[SiH](C)OC. The van der Waals surface area contributed by atoms with Crippen LogP contribution in [0.25, 0.3) is 0 Å². The van der Waals surface area contributed by atoms with Crippen LogP contribution in [0.15, 0.2) is 0 Å². The fraction of sp³-hybridized carbons (Fsp3) is 1.00. The van der Waals surface area contributed by atoms with Gasteiger partial charge in [0, 0.05) is 14.2 Å². The Bertz CT molecular complexity index is 86.3. The van der Waals surface area contributed by atoms with E-state index in [9.17, 15) is 0 Å². The molecule has 0 bridgehead atoms. The number of hydrogen-bond donors (Lipinski definition) is 1. The third-order valence-corrected chi connectivity index (χ3v) is 3.70. The Morgan fingerprint density at radius 2 is 1.29 bits per heavy atom. The largest absolute Gasteiger partial charge is 0.400 e. The second kappa shape index (κ2) is 11.2. The quantitative estimate of drug-likeness (QED) is 0.717. The Kier molecular flexibility index (Phi) is 11.3. The molecule has 1 heterocycles. The second-order valence-electron chi connectivity index (χ2n) is 3.56. The topological polar surface area (TPSA) is 30.5 Å². The molecule has 0 saturated carbocycles. The minimum atomic E-state index is -1.16. The van der Waals surface area contributed by atoms with Crippen LogP contribution >= 0.6 is 0 Å². The van der Waals surface area contributed by atoms with E-state index in [1.165, 1.54) is 45.2 Å². The van der Waals surface area contributed by atoms with Gasteiger partial charge in [0.25, 0.3) is 0 Å². The highest BCUT2D eigenvalue weighted by Crippen LogP contribution is 2.03. The minimum absolute atomic E-state index is 1.16. The van der Waals surface area contributed by atoms with Gasteiger partial charge in [-0.1, -0.05) is 19.3 Å². The summed E-state index contributed by atoms with van der Waals surface area (Å²) in [7, 11) is 2.17. The summed E-state index contributed by atoms with van der Waals surface area (Å²) < 4.78 is 9.63. The first-order chi connectivity index (χ1) is 6.81. The molecule has 0 spiro atoms. The van der Waals surface area contributed by atoms with Crippen molar-refractivity contribution in [1.29, 1.82) is 0 Å². The molecule has 1 saturated heterocycles. The summed E-state index contributed by atoms with van der Waals surface area (Å²) in [5.41, 5.74) is 0. The third kappa shape index (κ3) is 10.2.